The van der Waals surface area contributed by atoms with E-state index in [1.807, 2.05) is 0 Å². The van der Waals surface area contributed by atoms with Crippen LogP contribution in [-0.2, 0) is 14.9 Å². The van der Waals surface area contributed by atoms with Gasteiger partial charge in [0, 0.05) is 12.3 Å². The number of ether oxygens (including phenoxy) is 2. The molecule has 1 aromatic carbocycles. The quantitative estimate of drug-likeness (QED) is 0.778. The summed E-state index contributed by atoms with van der Waals surface area (Å²) in [6.07, 6.45) is 2.80. The molecule has 9 nitrogen and oxygen atoms in total. The number of hydrogen-bond acceptors (Lipinski definition) is 7. The predicted octanol–water partition coefficient (Wildman–Crippen LogP) is 2.03. The molecule has 134 valence electrons. The first-order chi connectivity index (χ1) is 11.8. The smallest absolute Gasteiger partial charge is 0.437 e. The molecule has 0 aliphatic rings. The van der Waals surface area contributed by atoms with Crippen molar-refractivity contribution in [3.8, 4) is 11.5 Å². The largest absolute Gasteiger partial charge is 0.497 e. The molecule has 1 amide bonds. The summed E-state index contributed by atoms with van der Waals surface area (Å²) in [5, 5.41) is 2.38. The molecule has 0 saturated heterocycles. The van der Waals surface area contributed by atoms with Crippen LogP contribution in [0.3, 0.4) is 0 Å². The number of carbonyl (C=O) groups excluding carboxylic acids is 1. The molecule has 0 aliphatic carbocycles. The summed E-state index contributed by atoms with van der Waals surface area (Å²) in [4.78, 5) is 20.9. The molecule has 0 bridgehead atoms. The van der Waals surface area contributed by atoms with Gasteiger partial charge in [0.05, 0.1) is 32.4 Å². The van der Waals surface area contributed by atoms with Crippen molar-refractivity contribution in [3.63, 3.8) is 0 Å². The van der Waals surface area contributed by atoms with Crippen molar-refractivity contribution >= 4 is 27.5 Å². The fourth-order valence-electron chi connectivity index (χ4n) is 1.89. The topological polar surface area (TPSA) is 107 Å². The Kier molecular flexibility index (Phi) is 5.65. The van der Waals surface area contributed by atoms with Crippen molar-refractivity contribution in [1.82, 2.24) is 4.98 Å². The Labute approximate surface area is 145 Å². The minimum absolute atomic E-state index is 0.00862. The Morgan fingerprint density at radius 3 is 2.52 bits per heavy atom. The third kappa shape index (κ3) is 4.73. The van der Waals surface area contributed by atoms with Gasteiger partial charge in [0.15, 0.2) is 0 Å². The lowest BCUT2D eigenvalue weighted by Crippen LogP contribution is -2.34. The fourth-order valence-corrected chi connectivity index (χ4v) is 2.59. The van der Waals surface area contributed by atoms with Crippen LogP contribution in [0.15, 0.2) is 42.7 Å². The first-order valence-corrected chi connectivity index (χ1v) is 8.81. The Balaban J connectivity index is 2.33. The van der Waals surface area contributed by atoms with Gasteiger partial charge >= 0.3 is 6.09 Å². The van der Waals surface area contributed by atoms with Crippen molar-refractivity contribution in [2.24, 2.45) is 0 Å². The van der Waals surface area contributed by atoms with E-state index in [0.717, 1.165) is 6.26 Å². The lowest BCUT2D eigenvalue weighted by Gasteiger charge is -2.22. The average Bonchev–Trinajstić information content (AvgIpc) is 2.59. The van der Waals surface area contributed by atoms with Gasteiger partial charge in [-0.2, -0.15) is 0 Å². The normalized spacial score (nSPS) is 10.7. The number of anilines is 2. The van der Waals surface area contributed by atoms with Gasteiger partial charge in [0.1, 0.15) is 17.2 Å². The highest BCUT2D eigenvalue weighted by Gasteiger charge is 2.26. The van der Waals surface area contributed by atoms with Crippen molar-refractivity contribution in [2.75, 3.05) is 30.3 Å². The lowest BCUT2D eigenvalue weighted by atomic mass is 10.3. The van der Waals surface area contributed by atoms with Gasteiger partial charge in [-0.25, -0.2) is 13.2 Å². The molecule has 0 saturated carbocycles. The zero-order valence-electron chi connectivity index (χ0n) is 13.8. The summed E-state index contributed by atoms with van der Waals surface area (Å²) >= 11 is 0. The SMILES string of the molecule is COc1ccc(OC)c(N(OC(=O)Nc2cccnc2)S(C)(=O)=O)c1. The molecular weight excluding hydrogens is 350 g/mol. The van der Waals surface area contributed by atoms with Crippen molar-refractivity contribution < 1.29 is 27.5 Å². The molecule has 0 spiro atoms. The average molecular weight is 367 g/mol. The Bertz CT molecular complexity index is 842. The number of rotatable bonds is 6. The zero-order chi connectivity index (χ0) is 18.4. The highest BCUT2D eigenvalue weighted by atomic mass is 32.2. The van der Waals surface area contributed by atoms with Crippen LogP contribution in [0.25, 0.3) is 0 Å². The van der Waals surface area contributed by atoms with Crippen LogP contribution in [-0.4, -0.2) is 40.0 Å². The molecule has 2 aromatic rings. The Hall–Kier alpha value is -3.01. The van der Waals surface area contributed by atoms with E-state index in [1.165, 1.54) is 38.7 Å². The van der Waals surface area contributed by atoms with Crippen molar-refractivity contribution in [3.05, 3.63) is 42.7 Å². The zero-order valence-corrected chi connectivity index (χ0v) is 14.6. The summed E-state index contributed by atoms with van der Waals surface area (Å²) in [5.74, 6) is 0.543. The number of aromatic nitrogens is 1. The molecular formula is C15H17N3O6S. The van der Waals surface area contributed by atoms with Crippen molar-refractivity contribution in [2.45, 2.75) is 0 Å². The van der Waals surface area contributed by atoms with Gasteiger partial charge in [0.25, 0.3) is 10.0 Å². The second kappa shape index (κ2) is 7.71. The summed E-state index contributed by atoms with van der Waals surface area (Å²) in [5.41, 5.74) is 0.337. The predicted molar refractivity (Wildman–Crippen MR) is 91.2 cm³/mol. The number of methoxy groups -OCH3 is 2. The van der Waals surface area contributed by atoms with Gasteiger partial charge in [0.2, 0.25) is 0 Å². The van der Waals surface area contributed by atoms with E-state index in [4.69, 9.17) is 14.3 Å². The van der Waals surface area contributed by atoms with E-state index in [0.29, 0.717) is 15.9 Å². The molecule has 0 atom stereocenters. The number of pyridine rings is 1. The van der Waals surface area contributed by atoms with E-state index < -0.39 is 16.1 Å². The first kappa shape index (κ1) is 18.3. The van der Waals surface area contributed by atoms with E-state index in [2.05, 4.69) is 10.3 Å². The number of amides is 1. The third-order valence-electron chi connectivity index (χ3n) is 2.96. The minimum atomic E-state index is -3.96. The van der Waals surface area contributed by atoms with E-state index in [1.54, 1.807) is 18.2 Å². The van der Waals surface area contributed by atoms with E-state index in [9.17, 15) is 13.2 Å². The van der Waals surface area contributed by atoms with Gasteiger partial charge < -0.3 is 14.3 Å². The van der Waals surface area contributed by atoms with Crippen LogP contribution in [0.5, 0.6) is 11.5 Å². The van der Waals surface area contributed by atoms with Crippen LogP contribution < -0.4 is 19.3 Å². The third-order valence-corrected chi connectivity index (χ3v) is 3.83. The van der Waals surface area contributed by atoms with Gasteiger partial charge in [-0.15, -0.1) is 0 Å². The molecule has 1 N–H and O–H groups in total. The maximum atomic E-state index is 12.1. The van der Waals surface area contributed by atoms with E-state index in [-0.39, 0.29) is 11.4 Å². The molecule has 0 unspecified atom stereocenters. The van der Waals surface area contributed by atoms with Crippen LogP contribution in [0.2, 0.25) is 0 Å². The molecule has 10 heteroatoms. The number of sulfonamides is 1. The van der Waals surface area contributed by atoms with Crippen LogP contribution in [0, 0.1) is 0 Å². The molecule has 2 rings (SSSR count). The van der Waals surface area contributed by atoms with Crippen molar-refractivity contribution in [1.29, 1.82) is 0 Å². The summed E-state index contributed by atoms with van der Waals surface area (Å²) in [6, 6.07) is 7.63. The first-order valence-electron chi connectivity index (χ1n) is 6.96. The number of hydrogen-bond donors (Lipinski definition) is 1. The Morgan fingerprint density at radius 2 is 1.96 bits per heavy atom. The maximum Gasteiger partial charge on any atom is 0.437 e. The number of nitrogens with one attached hydrogen (secondary N) is 1. The highest BCUT2D eigenvalue weighted by Crippen LogP contribution is 2.34. The Morgan fingerprint density at radius 1 is 1.20 bits per heavy atom. The summed E-state index contributed by atoms with van der Waals surface area (Å²) < 4.78 is 34.9. The maximum absolute atomic E-state index is 12.1. The molecule has 25 heavy (non-hydrogen) atoms. The number of benzene rings is 1. The number of nitrogens with zero attached hydrogens (tertiary/aromatic N) is 2. The molecule has 0 radical (unpaired) electrons. The van der Waals surface area contributed by atoms with E-state index >= 15 is 0 Å². The fraction of sp³-hybridized carbons (Fsp3) is 0.200. The monoisotopic (exact) mass is 367 g/mol. The highest BCUT2D eigenvalue weighted by molar-refractivity contribution is 7.91. The van der Waals surface area contributed by atoms with Crippen LogP contribution in [0.4, 0.5) is 16.2 Å². The molecule has 1 aromatic heterocycles. The molecule has 1 heterocycles. The second-order valence-electron chi connectivity index (χ2n) is 4.77. The van der Waals surface area contributed by atoms with Gasteiger partial charge in [-0.1, -0.05) is 4.47 Å². The number of carbonyl (C=O) groups is 1. The second-order valence-corrected chi connectivity index (χ2v) is 6.57. The lowest BCUT2D eigenvalue weighted by molar-refractivity contribution is 0.167. The van der Waals surface area contributed by atoms with Gasteiger partial charge in [-0.05, 0) is 24.3 Å². The minimum Gasteiger partial charge on any atom is -0.497 e. The molecule has 0 aliphatic heterocycles. The summed E-state index contributed by atoms with van der Waals surface area (Å²) in [6.45, 7) is 0. The summed E-state index contributed by atoms with van der Waals surface area (Å²) in [7, 11) is -1.18. The molecule has 0 fully saturated rings. The van der Waals surface area contributed by atoms with Gasteiger partial charge in [-0.3, -0.25) is 10.3 Å². The van der Waals surface area contributed by atoms with Crippen LogP contribution in [0.1, 0.15) is 0 Å². The van der Waals surface area contributed by atoms with Crippen LogP contribution >= 0.6 is 0 Å². The standard InChI is InChI=1S/C15H17N3O6S/c1-22-12-6-7-14(23-2)13(9-12)18(25(3,20)21)24-15(19)17-11-5-4-8-16-10-11/h4-10H,1-3H3,(H,17,19).